The van der Waals surface area contributed by atoms with Gasteiger partial charge in [-0.05, 0) is 50.4 Å². The Balaban J connectivity index is 1.65. The zero-order valence-electron chi connectivity index (χ0n) is 14.1. The Morgan fingerprint density at radius 3 is 2.83 bits per heavy atom. The van der Waals surface area contributed by atoms with E-state index in [1.165, 1.54) is 0 Å². The monoisotopic (exact) mass is 331 g/mol. The van der Waals surface area contributed by atoms with Crippen LogP contribution in [-0.4, -0.2) is 38.6 Å². The number of amides is 2. The van der Waals surface area contributed by atoms with Crippen molar-refractivity contribution in [2.75, 3.05) is 37.0 Å². The number of ether oxygens (including phenoxy) is 1. The molecule has 0 unspecified atom stereocenters. The molecule has 0 spiro atoms. The van der Waals surface area contributed by atoms with Crippen LogP contribution in [0.1, 0.15) is 32.1 Å². The lowest BCUT2D eigenvalue weighted by Gasteiger charge is -2.22. The van der Waals surface area contributed by atoms with Crippen molar-refractivity contribution in [3.05, 3.63) is 18.2 Å². The number of hydrogen-bond donors (Lipinski definition) is 2. The second-order valence-electron chi connectivity index (χ2n) is 6.48. The summed E-state index contributed by atoms with van der Waals surface area (Å²) < 4.78 is 5.42. The van der Waals surface area contributed by atoms with E-state index in [0.29, 0.717) is 30.2 Å². The van der Waals surface area contributed by atoms with E-state index < -0.39 is 0 Å². The van der Waals surface area contributed by atoms with Crippen LogP contribution in [0.5, 0.6) is 5.75 Å². The maximum atomic E-state index is 12.2. The van der Waals surface area contributed by atoms with Crippen LogP contribution in [0.3, 0.4) is 0 Å². The van der Waals surface area contributed by atoms with Crippen molar-refractivity contribution in [1.29, 1.82) is 0 Å². The highest BCUT2D eigenvalue weighted by Crippen LogP contribution is 2.34. The van der Waals surface area contributed by atoms with Gasteiger partial charge in [0, 0.05) is 31.1 Å². The molecule has 0 bridgehead atoms. The lowest BCUT2D eigenvalue weighted by Crippen LogP contribution is -2.30. The second kappa shape index (κ2) is 7.66. The molecule has 2 saturated heterocycles. The van der Waals surface area contributed by atoms with Crippen LogP contribution in [-0.2, 0) is 9.59 Å². The van der Waals surface area contributed by atoms with Crippen molar-refractivity contribution >= 4 is 23.2 Å². The summed E-state index contributed by atoms with van der Waals surface area (Å²) >= 11 is 0. The summed E-state index contributed by atoms with van der Waals surface area (Å²) in [5.74, 6) is 1.23. The topological polar surface area (TPSA) is 70.7 Å². The average Bonchev–Trinajstić information content (AvgIpc) is 3.01. The van der Waals surface area contributed by atoms with Gasteiger partial charge in [0.1, 0.15) is 5.75 Å². The maximum Gasteiger partial charge on any atom is 0.227 e. The molecule has 24 heavy (non-hydrogen) atoms. The number of anilines is 2. The first-order valence-electron chi connectivity index (χ1n) is 8.66. The summed E-state index contributed by atoms with van der Waals surface area (Å²) in [5.41, 5.74) is 1.48. The molecule has 2 heterocycles. The predicted molar refractivity (Wildman–Crippen MR) is 93.4 cm³/mol. The van der Waals surface area contributed by atoms with Crippen molar-refractivity contribution in [3.8, 4) is 5.75 Å². The zero-order chi connectivity index (χ0) is 16.9. The molecule has 0 aliphatic carbocycles. The van der Waals surface area contributed by atoms with Gasteiger partial charge in [0.25, 0.3) is 0 Å². The van der Waals surface area contributed by atoms with E-state index in [1.54, 1.807) is 18.1 Å². The minimum Gasteiger partial charge on any atom is -0.494 e. The molecule has 6 nitrogen and oxygen atoms in total. The average molecular weight is 331 g/mol. The fourth-order valence-corrected chi connectivity index (χ4v) is 3.44. The molecule has 1 aromatic rings. The molecule has 3 rings (SSSR count). The van der Waals surface area contributed by atoms with Gasteiger partial charge in [0.05, 0.1) is 12.8 Å². The van der Waals surface area contributed by atoms with E-state index in [1.807, 2.05) is 12.1 Å². The zero-order valence-corrected chi connectivity index (χ0v) is 14.1. The first-order valence-corrected chi connectivity index (χ1v) is 8.66. The summed E-state index contributed by atoms with van der Waals surface area (Å²) in [4.78, 5) is 25.9. The van der Waals surface area contributed by atoms with Crippen molar-refractivity contribution < 1.29 is 14.3 Å². The smallest absolute Gasteiger partial charge is 0.227 e. The number of nitrogens with zero attached hydrogens (tertiary/aromatic N) is 1. The highest BCUT2D eigenvalue weighted by atomic mass is 16.5. The fourth-order valence-electron chi connectivity index (χ4n) is 3.44. The molecule has 2 aliphatic rings. The van der Waals surface area contributed by atoms with Gasteiger partial charge in [0.15, 0.2) is 0 Å². The number of piperidine rings is 1. The van der Waals surface area contributed by atoms with E-state index in [0.717, 1.165) is 44.6 Å². The number of nitrogens with one attached hydrogen (secondary N) is 2. The summed E-state index contributed by atoms with van der Waals surface area (Å²) in [6.07, 6.45) is 4.10. The van der Waals surface area contributed by atoms with Crippen molar-refractivity contribution in [1.82, 2.24) is 5.32 Å². The number of benzene rings is 1. The van der Waals surface area contributed by atoms with Crippen LogP contribution in [0.2, 0.25) is 0 Å². The third kappa shape index (κ3) is 3.87. The minimum atomic E-state index is 0.0361. The summed E-state index contributed by atoms with van der Waals surface area (Å²) in [6.45, 7) is 2.70. The second-order valence-corrected chi connectivity index (χ2v) is 6.48. The SMILES string of the molecule is COc1cc(NC(=O)CC2CCNCC2)ccc1N1CCCC1=O. The van der Waals surface area contributed by atoms with Crippen molar-refractivity contribution in [2.24, 2.45) is 5.92 Å². The number of methoxy groups -OCH3 is 1. The first kappa shape index (κ1) is 16.8. The van der Waals surface area contributed by atoms with Crippen LogP contribution < -0.4 is 20.3 Å². The Hall–Kier alpha value is -2.08. The molecule has 1 aromatic carbocycles. The predicted octanol–water partition coefficient (Wildman–Crippen LogP) is 2.15. The van der Waals surface area contributed by atoms with Crippen LogP contribution in [0.25, 0.3) is 0 Å². The fraction of sp³-hybridized carbons (Fsp3) is 0.556. The maximum absolute atomic E-state index is 12.2. The summed E-state index contributed by atoms with van der Waals surface area (Å²) in [5, 5.41) is 6.26. The molecule has 0 aromatic heterocycles. The largest absolute Gasteiger partial charge is 0.494 e. The molecule has 2 aliphatic heterocycles. The number of carbonyl (C=O) groups excluding carboxylic acids is 2. The van der Waals surface area contributed by atoms with Gasteiger partial charge >= 0.3 is 0 Å². The van der Waals surface area contributed by atoms with Crippen LogP contribution in [0.15, 0.2) is 18.2 Å². The van der Waals surface area contributed by atoms with Crippen LogP contribution >= 0.6 is 0 Å². The van der Waals surface area contributed by atoms with Gasteiger partial charge in [-0.3, -0.25) is 9.59 Å². The molecule has 2 amide bonds. The van der Waals surface area contributed by atoms with Gasteiger partial charge in [-0.1, -0.05) is 0 Å². The number of rotatable bonds is 5. The third-order valence-corrected chi connectivity index (χ3v) is 4.76. The first-order chi connectivity index (χ1) is 11.7. The van der Waals surface area contributed by atoms with Crippen molar-refractivity contribution in [2.45, 2.75) is 32.1 Å². The third-order valence-electron chi connectivity index (χ3n) is 4.76. The molecule has 6 heteroatoms. The molecule has 0 atom stereocenters. The Morgan fingerprint density at radius 2 is 2.17 bits per heavy atom. The lowest BCUT2D eigenvalue weighted by atomic mass is 9.94. The van der Waals surface area contributed by atoms with E-state index >= 15 is 0 Å². The van der Waals surface area contributed by atoms with Gasteiger partial charge in [-0.2, -0.15) is 0 Å². The normalized spacial score (nSPS) is 18.7. The van der Waals surface area contributed by atoms with Crippen LogP contribution in [0, 0.1) is 5.92 Å². The van der Waals surface area contributed by atoms with E-state index in [-0.39, 0.29) is 11.8 Å². The van der Waals surface area contributed by atoms with Gasteiger partial charge in [-0.25, -0.2) is 0 Å². The number of hydrogen-bond acceptors (Lipinski definition) is 4. The molecule has 2 fully saturated rings. The van der Waals surface area contributed by atoms with Crippen molar-refractivity contribution in [3.63, 3.8) is 0 Å². The van der Waals surface area contributed by atoms with Gasteiger partial charge < -0.3 is 20.3 Å². The molecular formula is C18H25N3O3. The molecule has 0 saturated carbocycles. The lowest BCUT2D eigenvalue weighted by molar-refractivity contribution is -0.118. The molecular weight excluding hydrogens is 306 g/mol. The van der Waals surface area contributed by atoms with Crippen LogP contribution in [0.4, 0.5) is 11.4 Å². The Morgan fingerprint density at radius 1 is 1.38 bits per heavy atom. The highest BCUT2D eigenvalue weighted by Gasteiger charge is 2.24. The van der Waals surface area contributed by atoms with E-state index in [4.69, 9.17) is 4.74 Å². The molecule has 2 N–H and O–H groups in total. The Kier molecular flexibility index (Phi) is 5.35. The number of carbonyl (C=O) groups is 2. The van der Waals surface area contributed by atoms with E-state index in [2.05, 4.69) is 10.6 Å². The highest BCUT2D eigenvalue weighted by molar-refractivity contribution is 5.98. The van der Waals surface area contributed by atoms with Gasteiger partial charge in [-0.15, -0.1) is 0 Å². The molecule has 0 radical (unpaired) electrons. The minimum absolute atomic E-state index is 0.0361. The van der Waals surface area contributed by atoms with E-state index in [9.17, 15) is 9.59 Å². The summed E-state index contributed by atoms with van der Waals surface area (Å²) in [7, 11) is 1.58. The van der Waals surface area contributed by atoms with Gasteiger partial charge in [0.2, 0.25) is 11.8 Å². The summed E-state index contributed by atoms with van der Waals surface area (Å²) in [6, 6.07) is 5.48. The Labute approximate surface area is 142 Å². The quantitative estimate of drug-likeness (QED) is 0.867. The Bertz CT molecular complexity index is 612. The molecule has 130 valence electrons. The standard InChI is InChI=1S/C18H25N3O3/c1-24-16-12-14(4-5-15(16)21-10-2-3-18(21)23)20-17(22)11-13-6-8-19-9-7-13/h4-5,12-13,19H,2-3,6-11H2,1H3,(H,20,22).